The molecule has 40 heavy (non-hydrogen) atoms. The molecule has 0 fully saturated rings. The number of para-hydroxylation sites is 1. The fourth-order valence-corrected chi connectivity index (χ4v) is 4.61. The largest absolute Gasteiger partial charge is 0.507 e. The quantitative estimate of drug-likeness (QED) is 0.282. The first kappa shape index (κ1) is 29.9. The lowest BCUT2D eigenvalue weighted by Crippen LogP contribution is -2.14. The normalized spacial score (nSPS) is 15.9. The van der Waals surface area contributed by atoms with Crippen LogP contribution >= 0.6 is 0 Å². The molecular formula is C33H42O7. The summed E-state index contributed by atoms with van der Waals surface area (Å²) in [5.74, 6) is 0.350. The average molecular weight is 551 g/mol. The highest BCUT2D eigenvalue weighted by Crippen LogP contribution is 2.35. The molecule has 0 aromatic heterocycles. The number of fused-ring (bicyclic) bond motifs is 6. The van der Waals surface area contributed by atoms with Crippen molar-refractivity contribution in [2.45, 2.75) is 92.0 Å². The molecule has 6 bridgehead atoms. The number of rotatable bonds is 0. The minimum absolute atomic E-state index is 0.00996. The minimum Gasteiger partial charge on any atom is -0.507 e. The van der Waals surface area contributed by atoms with Gasteiger partial charge in [0.15, 0.2) is 0 Å². The van der Waals surface area contributed by atoms with Crippen LogP contribution in [-0.2, 0) is 69.4 Å². The van der Waals surface area contributed by atoms with E-state index in [1.807, 2.05) is 30.3 Å². The van der Waals surface area contributed by atoms with Crippen LogP contribution in [0.15, 0.2) is 42.5 Å². The molecule has 0 spiro atoms. The van der Waals surface area contributed by atoms with Crippen LogP contribution in [0, 0.1) is 0 Å². The maximum Gasteiger partial charge on any atom is 0.147 e. The van der Waals surface area contributed by atoms with Gasteiger partial charge in [-0.1, -0.05) is 59.7 Å². The summed E-state index contributed by atoms with van der Waals surface area (Å²) in [5.41, 5.74) is 5.63. The van der Waals surface area contributed by atoms with Crippen molar-refractivity contribution in [2.24, 2.45) is 0 Å². The van der Waals surface area contributed by atoms with Crippen molar-refractivity contribution in [2.75, 3.05) is 6.79 Å². The molecule has 0 saturated heterocycles. The van der Waals surface area contributed by atoms with E-state index in [0.29, 0.717) is 33.4 Å². The summed E-state index contributed by atoms with van der Waals surface area (Å²) in [4.78, 5) is 0. The van der Waals surface area contributed by atoms with Crippen molar-refractivity contribution < 1.29 is 34.3 Å². The van der Waals surface area contributed by atoms with Gasteiger partial charge in [0.2, 0.25) is 0 Å². The zero-order valence-corrected chi connectivity index (χ0v) is 24.5. The number of ether oxygens (including phenoxy) is 4. The second-order valence-corrected chi connectivity index (χ2v) is 12.5. The van der Waals surface area contributed by atoms with E-state index in [0.717, 1.165) is 11.1 Å². The summed E-state index contributed by atoms with van der Waals surface area (Å²) in [7, 11) is 0. The number of benzene rings is 3. The summed E-state index contributed by atoms with van der Waals surface area (Å²) in [6.07, 6.45) is 0. The molecule has 3 aromatic rings. The summed E-state index contributed by atoms with van der Waals surface area (Å²) >= 11 is 0. The molecule has 3 N–H and O–H groups in total. The fourth-order valence-electron chi connectivity index (χ4n) is 4.61. The van der Waals surface area contributed by atoms with Crippen molar-refractivity contribution in [3.8, 4) is 17.2 Å². The van der Waals surface area contributed by atoms with Crippen molar-refractivity contribution in [3.63, 3.8) is 0 Å². The first-order chi connectivity index (χ1) is 18.8. The Balaban J connectivity index is 1.68. The van der Waals surface area contributed by atoms with Gasteiger partial charge in [-0.15, -0.1) is 0 Å². The van der Waals surface area contributed by atoms with E-state index < -0.39 is 0 Å². The topological polar surface area (TPSA) is 97.6 Å². The first-order valence-electron chi connectivity index (χ1n) is 13.7. The summed E-state index contributed by atoms with van der Waals surface area (Å²) in [6.45, 7) is 13.6. The Hall–Kier alpha value is -3.10. The Labute approximate surface area is 237 Å². The maximum atomic E-state index is 11.0. The van der Waals surface area contributed by atoms with Crippen LogP contribution in [0.3, 0.4) is 0 Å². The molecule has 0 aliphatic carbocycles. The van der Waals surface area contributed by atoms with Gasteiger partial charge in [0.1, 0.15) is 24.0 Å². The SMILES string of the molecule is CC(C)(C)c1cc2c(O)c(c1)COCc1cccc(c1O)COCc1cc(C(C)(C)C)cc(c1O)COCOC2. The predicted octanol–water partition coefficient (Wildman–Crippen LogP) is 6.84. The lowest BCUT2D eigenvalue weighted by atomic mass is 9.85. The first-order valence-corrected chi connectivity index (χ1v) is 13.7. The standard InChI is InChI=1S/C33H42O7/c1-32(2,3)27-10-23-16-37-14-21-8-7-9-22(29(21)34)15-38-17-24-11-28(33(4,5)6)13-26(31(24)36)19-40-20-39-18-25(12-27)30(23)35/h7-13,34-36H,14-20H2,1-6H3. The van der Waals surface area contributed by atoms with E-state index in [1.54, 1.807) is 12.1 Å². The minimum atomic E-state index is -0.151. The second-order valence-electron chi connectivity index (χ2n) is 12.5. The van der Waals surface area contributed by atoms with Crippen LogP contribution in [0.4, 0.5) is 0 Å². The highest BCUT2D eigenvalue weighted by Gasteiger charge is 2.21. The van der Waals surface area contributed by atoms with Crippen molar-refractivity contribution in [1.82, 2.24) is 0 Å². The number of hydrogen-bond donors (Lipinski definition) is 3. The smallest absolute Gasteiger partial charge is 0.147 e. The Kier molecular flexibility index (Phi) is 9.10. The monoisotopic (exact) mass is 550 g/mol. The highest BCUT2D eigenvalue weighted by molar-refractivity contribution is 5.46. The van der Waals surface area contributed by atoms with E-state index in [2.05, 4.69) is 41.5 Å². The fraction of sp³-hybridized carbons (Fsp3) is 0.455. The van der Waals surface area contributed by atoms with Crippen LogP contribution in [0.25, 0.3) is 0 Å². The third-order valence-corrected chi connectivity index (χ3v) is 7.18. The molecule has 216 valence electrons. The van der Waals surface area contributed by atoms with Crippen molar-refractivity contribution in [1.29, 1.82) is 0 Å². The third-order valence-electron chi connectivity index (χ3n) is 7.18. The number of phenolic OH excluding ortho intramolecular Hbond substituents is 3. The molecule has 1 heterocycles. The molecular weight excluding hydrogens is 508 g/mol. The third kappa shape index (κ3) is 7.15. The predicted molar refractivity (Wildman–Crippen MR) is 153 cm³/mol. The molecule has 1 aliphatic heterocycles. The molecule has 0 unspecified atom stereocenters. The van der Waals surface area contributed by atoms with Gasteiger partial charge >= 0.3 is 0 Å². The molecule has 0 saturated carbocycles. The number of phenols is 3. The summed E-state index contributed by atoms with van der Waals surface area (Å²) in [5, 5.41) is 33.0. The summed E-state index contributed by atoms with van der Waals surface area (Å²) in [6, 6.07) is 13.3. The van der Waals surface area contributed by atoms with Gasteiger partial charge < -0.3 is 34.3 Å². The zero-order valence-electron chi connectivity index (χ0n) is 24.5. The molecule has 7 nitrogen and oxygen atoms in total. The lowest BCUT2D eigenvalue weighted by Gasteiger charge is -2.23. The van der Waals surface area contributed by atoms with E-state index >= 15 is 0 Å². The van der Waals surface area contributed by atoms with Gasteiger partial charge in [0.05, 0.1) is 39.6 Å². The van der Waals surface area contributed by atoms with Gasteiger partial charge in [-0.05, 0) is 46.2 Å². The number of aromatic hydroxyl groups is 3. The Morgan fingerprint density at radius 2 is 0.775 bits per heavy atom. The van der Waals surface area contributed by atoms with Gasteiger partial charge in [-0.3, -0.25) is 0 Å². The molecule has 0 atom stereocenters. The second kappa shape index (κ2) is 12.2. The van der Waals surface area contributed by atoms with Crippen molar-refractivity contribution >= 4 is 0 Å². The Bertz CT molecular complexity index is 1230. The summed E-state index contributed by atoms with van der Waals surface area (Å²) < 4.78 is 23.5. The van der Waals surface area contributed by atoms with Gasteiger partial charge in [-0.25, -0.2) is 0 Å². The van der Waals surface area contributed by atoms with Crippen LogP contribution in [0.5, 0.6) is 17.2 Å². The lowest BCUT2D eigenvalue weighted by molar-refractivity contribution is -0.0697. The highest BCUT2D eigenvalue weighted by atomic mass is 16.7. The average Bonchev–Trinajstić information content (AvgIpc) is 2.87. The molecule has 3 aromatic carbocycles. The Morgan fingerprint density at radius 3 is 1.12 bits per heavy atom. The van der Waals surface area contributed by atoms with E-state index in [4.69, 9.17) is 18.9 Å². The maximum absolute atomic E-state index is 11.0. The van der Waals surface area contributed by atoms with E-state index in [9.17, 15) is 15.3 Å². The van der Waals surface area contributed by atoms with Gasteiger partial charge in [0.25, 0.3) is 0 Å². The number of hydrogen-bond acceptors (Lipinski definition) is 7. The van der Waals surface area contributed by atoms with Crippen LogP contribution in [0.1, 0.15) is 86.1 Å². The van der Waals surface area contributed by atoms with Gasteiger partial charge in [0, 0.05) is 33.4 Å². The zero-order chi connectivity index (χ0) is 29.1. The van der Waals surface area contributed by atoms with Crippen molar-refractivity contribution in [3.05, 3.63) is 87.0 Å². The molecule has 1 aliphatic rings. The molecule has 0 amide bonds. The molecule has 7 heteroatoms. The van der Waals surface area contributed by atoms with Crippen LogP contribution < -0.4 is 0 Å². The van der Waals surface area contributed by atoms with E-state index in [-0.39, 0.29) is 74.5 Å². The molecule has 4 rings (SSSR count). The van der Waals surface area contributed by atoms with Crippen LogP contribution in [-0.4, -0.2) is 22.1 Å². The Morgan fingerprint density at radius 1 is 0.475 bits per heavy atom. The van der Waals surface area contributed by atoms with Crippen LogP contribution in [0.2, 0.25) is 0 Å². The molecule has 0 radical (unpaired) electrons. The van der Waals surface area contributed by atoms with E-state index in [1.165, 1.54) is 0 Å². The van der Waals surface area contributed by atoms with Gasteiger partial charge in [-0.2, -0.15) is 0 Å².